The Kier molecular flexibility index (Phi) is 8.40. The van der Waals surface area contributed by atoms with Crippen LogP contribution < -0.4 is 0 Å². The number of hydrogen-bond acceptors (Lipinski definition) is 5. The number of aliphatic carboxylic acids is 1. The zero-order valence-electron chi connectivity index (χ0n) is 30.5. The second-order valence-corrected chi connectivity index (χ2v) is 18.4. The van der Waals surface area contributed by atoms with E-state index in [1.807, 2.05) is 43.3 Å². The zero-order chi connectivity index (χ0) is 35.1. The molecular weight excluding hydrogens is 602 g/mol. The summed E-state index contributed by atoms with van der Waals surface area (Å²) in [6.07, 6.45) is 11.6. The molecule has 4 saturated carbocycles. The second kappa shape index (κ2) is 11.6. The number of carboxylic acid groups (broad SMARTS) is 1. The molecule has 4 fully saturated rings. The first-order valence-corrected chi connectivity index (χ1v) is 18.4. The average molecular weight is 660 g/mol. The van der Waals surface area contributed by atoms with Gasteiger partial charge in [0.2, 0.25) is 0 Å². The highest BCUT2D eigenvalue weighted by Crippen LogP contribution is 2.75. The monoisotopic (exact) mass is 659 g/mol. The van der Waals surface area contributed by atoms with Gasteiger partial charge in [0.25, 0.3) is 5.91 Å². The van der Waals surface area contributed by atoms with Crippen molar-refractivity contribution in [1.29, 1.82) is 0 Å². The van der Waals surface area contributed by atoms with Crippen LogP contribution in [0.2, 0.25) is 0 Å². The Balaban J connectivity index is 1.37. The zero-order valence-corrected chi connectivity index (χ0v) is 30.5. The third-order valence-electron chi connectivity index (χ3n) is 15.1. The Hall–Kier alpha value is -2.96. The smallest absolute Gasteiger partial charge is 0.330 e. The summed E-state index contributed by atoms with van der Waals surface area (Å²) in [6.45, 7) is 17.5. The maximum Gasteiger partial charge on any atom is 0.330 e. The van der Waals surface area contributed by atoms with Gasteiger partial charge in [-0.1, -0.05) is 90.8 Å². The van der Waals surface area contributed by atoms with E-state index >= 15 is 0 Å². The normalized spacial score (nSPS) is 40.5. The first-order chi connectivity index (χ1) is 22.3. The van der Waals surface area contributed by atoms with Crippen molar-refractivity contribution >= 4 is 23.6 Å². The lowest BCUT2D eigenvalue weighted by Gasteiger charge is -2.70. The van der Waals surface area contributed by atoms with E-state index in [-0.39, 0.29) is 51.1 Å². The van der Waals surface area contributed by atoms with Gasteiger partial charge in [-0.2, -0.15) is 5.06 Å². The van der Waals surface area contributed by atoms with E-state index in [1.54, 1.807) is 0 Å². The summed E-state index contributed by atoms with van der Waals surface area (Å²) in [7, 11) is 0. The standard InChI is InChI=1S/C41H57NO6/c1-26(43)48-42(30(34(45)46)23-27-13-10-9-11-14-27)35(47)38(5)20-19-37(4)21-22-40(7)28(29(37)25-38)24-31(44)33-39(6)17-12-16-36(2,3)32(39)15-18-41(33,40)8/h9-11,13-14,24,29-30,32-33H,12,15-23,25H2,1-8H3,(H,45,46)/t29-,30-,32?,33?,37+,38?,39-,40+,41+/m0/s1. The number of rotatable bonds is 5. The van der Waals surface area contributed by atoms with E-state index in [9.17, 15) is 24.3 Å². The van der Waals surface area contributed by atoms with Gasteiger partial charge in [0.15, 0.2) is 11.8 Å². The molecule has 1 N–H and O–H groups in total. The van der Waals surface area contributed by atoms with Crippen molar-refractivity contribution in [3.63, 3.8) is 0 Å². The fourth-order valence-electron chi connectivity index (χ4n) is 12.2. The van der Waals surface area contributed by atoms with E-state index in [1.165, 1.54) is 18.9 Å². The molecule has 7 nitrogen and oxygen atoms in total. The van der Waals surface area contributed by atoms with Crippen LogP contribution in [0.4, 0.5) is 0 Å². The summed E-state index contributed by atoms with van der Waals surface area (Å²) in [5.41, 5.74) is 0.708. The van der Waals surface area contributed by atoms with E-state index in [4.69, 9.17) is 4.84 Å². The lowest BCUT2D eigenvalue weighted by molar-refractivity contribution is -0.218. The number of ketones is 1. The van der Waals surface area contributed by atoms with Crippen LogP contribution in [0.3, 0.4) is 0 Å². The average Bonchev–Trinajstić information content (AvgIpc) is 3.00. The largest absolute Gasteiger partial charge is 0.480 e. The lowest BCUT2D eigenvalue weighted by Crippen LogP contribution is -2.65. The molecule has 0 spiro atoms. The first kappa shape index (κ1) is 34.9. The van der Waals surface area contributed by atoms with Gasteiger partial charge in [0.05, 0.1) is 5.41 Å². The minimum absolute atomic E-state index is 0.00872. The van der Waals surface area contributed by atoms with Crippen molar-refractivity contribution in [2.75, 3.05) is 0 Å². The molecule has 0 radical (unpaired) electrons. The van der Waals surface area contributed by atoms with E-state index in [0.717, 1.165) is 55.6 Å². The lowest BCUT2D eigenvalue weighted by atomic mass is 9.33. The topological polar surface area (TPSA) is 101 Å². The molecule has 9 atom stereocenters. The van der Waals surface area contributed by atoms with Crippen LogP contribution in [-0.2, 0) is 30.4 Å². The van der Waals surface area contributed by atoms with Crippen LogP contribution in [0, 0.1) is 50.2 Å². The molecule has 0 saturated heterocycles. The number of fused-ring (bicyclic) bond motifs is 7. The van der Waals surface area contributed by atoms with Crippen LogP contribution in [0.15, 0.2) is 42.0 Å². The molecule has 1 amide bonds. The fraction of sp³-hybridized carbons (Fsp3) is 0.707. The number of carboxylic acids is 1. The van der Waals surface area contributed by atoms with Gasteiger partial charge in [0, 0.05) is 19.3 Å². The van der Waals surface area contributed by atoms with Crippen molar-refractivity contribution in [3.8, 4) is 0 Å². The quantitative estimate of drug-likeness (QED) is 0.319. The first-order valence-electron chi connectivity index (χ1n) is 18.4. The number of carbonyl (C=O) groups is 4. The molecular formula is C41H57NO6. The van der Waals surface area contributed by atoms with Crippen LogP contribution in [0.5, 0.6) is 0 Å². The molecule has 1 aromatic carbocycles. The van der Waals surface area contributed by atoms with Crippen molar-refractivity contribution in [1.82, 2.24) is 5.06 Å². The highest BCUT2D eigenvalue weighted by Gasteiger charge is 2.69. The highest BCUT2D eigenvalue weighted by molar-refractivity contribution is 5.96. The van der Waals surface area contributed by atoms with Gasteiger partial charge in [-0.05, 0) is 108 Å². The van der Waals surface area contributed by atoms with Gasteiger partial charge >= 0.3 is 11.9 Å². The molecule has 0 aromatic heterocycles. The number of hydroxylamine groups is 2. The molecule has 0 bridgehead atoms. The molecule has 3 unspecified atom stereocenters. The molecule has 48 heavy (non-hydrogen) atoms. The predicted molar refractivity (Wildman–Crippen MR) is 184 cm³/mol. The Morgan fingerprint density at radius 3 is 2.23 bits per heavy atom. The van der Waals surface area contributed by atoms with Crippen LogP contribution in [0.25, 0.3) is 0 Å². The van der Waals surface area contributed by atoms with Crippen LogP contribution >= 0.6 is 0 Å². The summed E-state index contributed by atoms with van der Waals surface area (Å²) in [5.74, 6) is -1.66. The SMILES string of the molecule is CC(=O)ON(C(=O)C1(C)CC[C@]2(C)CC[C@]3(C)C(=CC(=O)C4[C@@]5(C)CCCC(C)(C)C5CC[C@]43C)[C@@H]2C1)[C@@H](Cc1ccccc1)C(=O)O. The predicted octanol–water partition coefficient (Wildman–Crippen LogP) is 8.36. The summed E-state index contributed by atoms with van der Waals surface area (Å²) >= 11 is 0. The summed E-state index contributed by atoms with van der Waals surface area (Å²) in [5, 5.41) is 11.2. The number of amides is 1. The fourth-order valence-corrected chi connectivity index (χ4v) is 12.2. The number of hydrogen-bond donors (Lipinski definition) is 1. The van der Waals surface area contributed by atoms with Gasteiger partial charge in [-0.15, -0.1) is 0 Å². The van der Waals surface area contributed by atoms with Gasteiger partial charge < -0.3 is 9.94 Å². The molecule has 5 aliphatic carbocycles. The minimum atomic E-state index is -1.36. The minimum Gasteiger partial charge on any atom is -0.480 e. The maximum atomic E-state index is 14.7. The Labute approximate surface area is 287 Å². The van der Waals surface area contributed by atoms with Gasteiger partial charge in [-0.3, -0.25) is 14.4 Å². The van der Waals surface area contributed by atoms with Crippen molar-refractivity contribution in [3.05, 3.63) is 47.5 Å². The molecule has 7 heteroatoms. The van der Waals surface area contributed by atoms with Crippen molar-refractivity contribution in [2.45, 2.75) is 132 Å². The molecule has 0 aliphatic heterocycles. The Morgan fingerprint density at radius 2 is 1.58 bits per heavy atom. The van der Waals surface area contributed by atoms with Crippen LogP contribution in [-0.4, -0.2) is 39.8 Å². The van der Waals surface area contributed by atoms with Crippen molar-refractivity contribution < 1.29 is 29.1 Å². The van der Waals surface area contributed by atoms with Gasteiger partial charge in [0.1, 0.15) is 0 Å². The summed E-state index contributed by atoms with van der Waals surface area (Å²) < 4.78 is 0. The Bertz CT molecular complexity index is 1530. The number of nitrogens with zero attached hydrogens (tertiary/aromatic N) is 1. The molecule has 262 valence electrons. The molecule has 0 heterocycles. The Morgan fingerprint density at radius 1 is 0.917 bits per heavy atom. The number of carbonyl (C=O) groups excluding carboxylic acids is 3. The highest BCUT2D eigenvalue weighted by atomic mass is 16.7. The third-order valence-corrected chi connectivity index (χ3v) is 15.1. The van der Waals surface area contributed by atoms with E-state index < -0.39 is 29.3 Å². The van der Waals surface area contributed by atoms with Gasteiger partial charge in [-0.25, -0.2) is 4.79 Å². The molecule has 1 aromatic rings. The van der Waals surface area contributed by atoms with Crippen molar-refractivity contribution in [2.24, 2.45) is 50.2 Å². The molecule has 5 aliphatic rings. The molecule has 6 rings (SSSR count). The third kappa shape index (κ3) is 5.19. The van der Waals surface area contributed by atoms with Crippen LogP contribution in [0.1, 0.15) is 125 Å². The van der Waals surface area contributed by atoms with E-state index in [2.05, 4.69) is 41.5 Å². The number of benzene rings is 1. The summed E-state index contributed by atoms with van der Waals surface area (Å²) in [6, 6.07) is 7.75. The summed E-state index contributed by atoms with van der Waals surface area (Å²) in [4.78, 5) is 59.8. The second-order valence-electron chi connectivity index (χ2n) is 18.4. The maximum absolute atomic E-state index is 14.7. The number of allylic oxidation sites excluding steroid dienone is 2. The van der Waals surface area contributed by atoms with E-state index in [0.29, 0.717) is 18.8 Å².